The quantitative estimate of drug-likeness (QED) is 0.309. The summed E-state index contributed by atoms with van der Waals surface area (Å²) in [6.07, 6.45) is -3.62. The Bertz CT molecular complexity index is 376. The van der Waals surface area contributed by atoms with E-state index in [2.05, 4.69) is 23.7 Å². The summed E-state index contributed by atoms with van der Waals surface area (Å²) >= 11 is 0. The molecule has 2 atom stereocenters. The van der Waals surface area contributed by atoms with Crippen molar-refractivity contribution in [2.45, 2.75) is 40.3 Å². The van der Waals surface area contributed by atoms with E-state index in [1.165, 1.54) is 13.8 Å². The average Bonchev–Trinajstić information content (AvgIpc) is 2.27. The van der Waals surface area contributed by atoms with E-state index in [-0.39, 0.29) is 6.61 Å². The first-order valence-electron chi connectivity index (χ1n) is 5.68. The summed E-state index contributed by atoms with van der Waals surface area (Å²) in [6, 6.07) is 0. The zero-order chi connectivity index (χ0) is 15.7. The van der Waals surface area contributed by atoms with Gasteiger partial charge in [-0.25, -0.2) is 14.4 Å². The van der Waals surface area contributed by atoms with Gasteiger partial charge in [-0.15, -0.1) is 0 Å². The van der Waals surface area contributed by atoms with Crippen LogP contribution in [0.3, 0.4) is 0 Å². The third-order valence-electron chi connectivity index (χ3n) is 1.57. The lowest BCUT2D eigenvalue weighted by molar-refractivity contribution is -0.198. The number of hydrogen-bond donors (Lipinski definition) is 0. The van der Waals surface area contributed by atoms with E-state index in [4.69, 9.17) is 0 Å². The van der Waals surface area contributed by atoms with Crippen LogP contribution in [0.2, 0.25) is 0 Å². The lowest BCUT2D eigenvalue weighted by atomic mass is 10.6. The van der Waals surface area contributed by atoms with Crippen molar-refractivity contribution in [1.29, 1.82) is 0 Å². The van der Waals surface area contributed by atoms with E-state index < -0.39 is 36.6 Å². The predicted octanol–water partition coefficient (Wildman–Crippen LogP) is 0.501. The Hall–Kier alpha value is -2.32. The Balaban J connectivity index is 4.15. The number of carbonyl (C=O) groups is 4. The maximum absolute atomic E-state index is 11.2. The number of ether oxygens (including phenoxy) is 5. The molecule has 0 spiro atoms. The molecule has 2 unspecified atom stereocenters. The van der Waals surface area contributed by atoms with Crippen molar-refractivity contribution in [1.82, 2.24) is 0 Å². The van der Waals surface area contributed by atoms with Crippen LogP contribution in [-0.4, -0.2) is 43.3 Å². The molecule has 9 heteroatoms. The van der Waals surface area contributed by atoms with Crippen LogP contribution in [-0.2, 0) is 38.1 Å². The second kappa shape index (κ2) is 8.73. The van der Waals surface area contributed by atoms with Gasteiger partial charge in [-0.3, -0.25) is 4.79 Å². The largest absolute Gasteiger partial charge is 0.511 e. The average molecular weight is 292 g/mol. The molecule has 0 radical (unpaired) electrons. The van der Waals surface area contributed by atoms with E-state index >= 15 is 0 Å². The molecule has 0 rings (SSSR count). The molecule has 0 aromatic rings. The Labute approximate surface area is 115 Å². The van der Waals surface area contributed by atoms with Gasteiger partial charge in [0, 0.05) is 20.8 Å². The van der Waals surface area contributed by atoms with Gasteiger partial charge in [-0.05, 0) is 6.92 Å². The highest BCUT2D eigenvalue weighted by molar-refractivity contribution is 6.29. The first-order chi connectivity index (χ1) is 9.26. The van der Waals surface area contributed by atoms with Crippen molar-refractivity contribution in [2.75, 3.05) is 6.61 Å². The molecule has 0 amide bonds. The van der Waals surface area contributed by atoms with Gasteiger partial charge in [0.2, 0.25) is 12.6 Å². The monoisotopic (exact) mass is 292 g/mol. The molecule has 0 fully saturated rings. The van der Waals surface area contributed by atoms with Gasteiger partial charge < -0.3 is 23.7 Å². The van der Waals surface area contributed by atoms with E-state index in [1.807, 2.05) is 0 Å². The van der Waals surface area contributed by atoms with Gasteiger partial charge >= 0.3 is 24.1 Å². The van der Waals surface area contributed by atoms with Gasteiger partial charge in [-0.1, -0.05) is 0 Å². The first-order valence-corrected chi connectivity index (χ1v) is 5.68. The van der Waals surface area contributed by atoms with Crippen LogP contribution in [0.25, 0.3) is 0 Å². The number of carbonyl (C=O) groups excluding carboxylic acids is 4. The smallest absolute Gasteiger partial charge is 0.435 e. The van der Waals surface area contributed by atoms with Gasteiger partial charge in [0.05, 0.1) is 6.61 Å². The zero-order valence-corrected chi connectivity index (χ0v) is 11.5. The SMILES string of the molecule is CCOC(=O)OC(C)OC(=O)C(=O)OC(C)OC(C)=O. The van der Waals surface area contributed by atoms with Crippen LogP contribution in [0.15, 0.2) is 0 Å². The summed E-state index contributed by atoms with van der Waals surface area (Å²) in [5, 5.41) is 0. The lowest BCUT2D eigenvalue weighted by Crippen LogP contribution is -2.31. The Morgan fingerprint density at radius 1 is 0.850 bits per heavy atom. The molecule has 0 aliphatic heterocycles. The minimum absolute atomic E-state index is 0.0848. The fourth-order valence-electron chi connectivity index (χ4n) is 0.967. The van der Waals surface area contributed by atoms with Crippen LogP contribution >= 0.6 is 0 Å². The highest BCUT2D eigenvalue weighted by Gasteiger charge is 2.25. The van der Waals surface area contributed by atoms with Crippen molar-refractivity contribution in [3.05, 3.63) is 0 Å². The fourth-order valence-corrected chi connectivity index (χ4v) is 0.967. The maximum Gasteiger partial charge on any atom is 0.511 e. The summed E-state index contributed by atoms with van der Waals surface area (Å²) < 4.78 is 22.3. The molecule has 20 heavy (non-hydrogen) atoms. The molecule has 0 bridgehead atoms. The third kappa shape index (κ3) is 7.90. The predicted molar refractivity (Wildman–Crippen MR) is 61.0 cm³/mol. The van der Waals surface area contributed by atoms with Gasteiger partial charge in [-0.2, -0.15) is 0 Å². The molecule has 0 aromatic heterocycles. The van der Waals surface area contributed by atoms with Crippen LogP contribution in [0.5, 0.6) is 0 Å². The molecule has 0 saturated carbocycles. The maximum atomic E-state index is 11.2. The Kier molecular flexibility index (Phi) is 7.71. The highest BCUT2D eigenvalue weighted by atomic mass is 16.8. The summed E-state index contributed by atoms with van der Waals surface area (Å²) in [5.41, 5.74) is 0. The summed E-state index contributed by atoms with van der Waals surface area (Å²) in [7, 11) is 0. The van der Waals surface area contributed by atoms with Crippen molar-refractivity contribution in [3.8, 4) is 0 Å². The Morgan fingerprint density at radius 3 is 1.70 bits per heavy atom. The minimum atomic E-state index is -1.40. The fraction of sp³-hybridized carbons (Fsp3) is 0.636. The third-order valence-corrected chi connectivity index (χ3v) is 1.57. The molecule has 0 heterocycles. The van der Waals surface area contributed by atoms with E-state index in [9.17, 15) is 19.2 Å². The molecule has 0 saturated heterocycles. The number of esters is 3. The number of rotatable bonds is 5. The van der Waals surface area contributed by atoms with Crippen LogP contribution in [0, 0.1) is 0 Å². The van der Waals surface area contributed by atoms with E-state index in [1.54, 1.807) is 6.92 Å². The van der Waals surface area contributed by atoms with Crippen molar-refractivity contribution in [2.24, 2.45) is 0 Å². The molecule has 9 nitrogen and oxygen atoms in total. The summed E-state index contributed by atoms with van der Waals surface area (Å²) in [6.45, 7) is 5.20. The van der Waals surface area contributed by atoms with Gasteiger partial charge in [0.15, 0.2) is 0 Å². The molecule has 0 aliphatic carbocycles. The molecule has 114 valence electrons. The molecular formula is C11H16O9. The molecule has 0 aliphatic rings. The standard InChI is InChI=1S/C11H16O9/c1-5-16-11(15)20-8(4)19-10(14)9(13)18-7(3)17-6(2)12/h7-8H,5H2,1-4H3. The topological polar surface area (TPSA) is 114 Å². The van der Waals surface area contributed by atoms with Gasteiger partial charge in [0.25, 0.3) is 0 Å². The van der Waals surface area contributed by atoms with Crippen molar-refractivity contribution < 1.29 is 42.9 Å². The minimum Gasteiger partial charge on any atom is -0.435 e. The number of hydrogen-bond acceptors (Lipinski definition) is 9. The van der Waals surface area contributed by atoms with Crippen molar-refractivity contribution in [3.63, 3.8) is 0 Å². The normalized spacial score (nSPS) is 12.6. The van der Waals surface area contributed by atoms with Crippen LogP contribution in [0.4, 0.5) is 4.79 Å². The van der Waals surface area contributed by atoms with Crippen molar-refractivity contribution >= 4 is 24.1 Å². The van der Waals surface area contributed by atoms with Crippen LogP contribution < -0.4 is 0 Å². The molecular weight excluding hydrogens is 276 g/mol. The highest BCUT2D eigenvalue weighted by Crippen LogP contribution is 2.01. The summed E-state index contributed by atoms with van der Waals surface area (Å²) in [4.78, 5) is 43.9. The summed E-state index contributed by atoms with van der Waals surface area (Å²) in [5.74, 6) is -3.48. The molecule has 0 aromatic carbocycles. The second-order valence-corrected chi connectivity index (χ2v) is 3.36. The first kappa shape index (κ1) is 17.7. The molecule has 0 N–H and O–H groups in total. The lowest BCUT2D eigenvalue weighted by Gasteiger charge is -2.15. The van der Waals surface area contributed by atoms with Gasteiger partial charge in [0.1, 0.15) is 0 Å². The second-order valence-electron chi connectivity index (χ2n) is 3.36. The Morgan fingerprint density at radius 2 is 1.30 bits per heavy atom. The van der Waals surface area contributed by atoms with E-state index in [0.29, 0.717) is 0 Å². The van der Waals surface area contributed by atoms with Crippen LogP contribution in [0.1, 0.15) is 27.7 Å². The zero-order valence-electron chi connectivity index (χ0n) is 11.5. The van der Waals surface area contributed by atoms with E-state index in [0.717, 1.165) is 6.92 Å².